The van der Waals surface area contributed by atoms with Gasteiger partial charge in [0.1, 0.15) is 18.2 Å². The van der Waals surface area contributed by atoms with Crippen LogP contribution in [-0.4, -0.2) is 28.5 Å². The number of hydrogen-bond donors (Lipinski definition) is 1. The normalized spacial score (nSPS) is 12.3. The van der Waals surface area contributed by atoms with Crippen molar-refractivity contribution < 1.29 is 24.0 Å². The summed E-state index contributed by atoms with van der Waals surface area (Å²) in [7, 11) is 0. The first kappa shape index (κ1) is 19.6. The van der Waals surface area contributed by atoms with E-state index in [1.54, 1.807) is 20.8 Å². The molecule has 0 fully saturated rings. The van der Waals surface area contributed by atoms with Gasteiger partial charge in [0.15, 0.2) is 0 Å². The summed E-state index contributed by atoms with van der Waals surface area (Å²) in [6.07, 6.45) is 0.0986. The fourth-order valence-corrected chi connectivity index (χ4v) is 1.72. The van der Waals surface area contributed by atoms with Crippen LogP contribution in [0.4, 0.5) is 5.69 Å². The highest BCUT2D eigenvalue weighted by Gasteiger charge is 2.22. The highest BCUT2D eigenvalue weighted by molar-refractivity contribution is 5.77. The minimum atomic E-state index is -0.892. The van der Waals surface area contributed by atoms with E-state index in [4.69, 9.17) is 15.2 Å². The number of ether oxygens (including phenoxy) is 2. The number of non-ortho nitro benzene ring substituents is 1. The molecule has 0 aliphatic carbocycles. The Hall–Kier alpha value is -2.48. The molecule has 0 radical (unpaired) electrons. The second-order valence-electron chi connectivity index (χ2n) is 6.26. The van der Waals surface area contributed by atoms with Crippen molar-refractivity contribution in [1.29, 1.82) is 0 Å². The highest BCUT2D eigenvalue weighted by atomic mass is 16.6. The van der Waals surface area contributed by atoms with Crippen LogP contribution in [0.15, 0.2) is 24.3 Å². The zero-order valence-electron chi connectivity index (χ0n) is 14.0. The van der Waals surface area contributed by atoms with Crippen molar-refractivity contribution in [3.05, 3.63) is 39.9 Å². The van der Waals surface area contributed by atoms with E-state index in [0.717, 1.165) is 0 Å². The molecule has 0 saturated heterocycles. The minimum Gasteiger partial charge on any atom is -0.461 e. The average Bonchev–Trinajstić information content (AvgIpc) is 2.49. The smallest absolute Gasteiger partial charge is 0.323 e. The van der Waals surface area contributed by atoms with E-state index in [2.05, 4.69) is 0 Å². The predicted molar refractivity (Wildman–Crippen MR) is 85.9 cm³/mol. The van der Waals surface area contributed by atoms with Crippen molar-refractivity contribution in [3.8, 4) is 0 Å². The maximum absolute atomic E-state index is 11.7. The molecule has 0 amide bonds. The Balaban J connectivity index is 2.36. The van der Waals surface area contributed by atoms with E-state index in [-0.39, 0.29) is 25.1 Å². The molecule has 0 spiro atoms. The van der Waals surface area contributed by atoms with Crippen molar-refractivity contribution in [2.24, 2.45) is 5.73 Å². The van der Waals surface area contributed by atoms with E-state index in [9.17, 15) is 19.7 Å². The molecule has 1 aromatic rings. The van der Waals surface area contributed by atoms with Crippen molar-refractivity contribution in [1.82, 2.24) is 0 Å². The Labute approximate surface area is 140 Å². The standard InChI is InChI=1S/C16H22N2O6/c1-16(2,3)24-15(20)13(17)8-9-14(19)23-10-11-4-6-12(7-5-11)18(21)22/h4-7,13H,8-10,17H2,1-3H3. The predicted octanol–water partition coefficient (Wildman–Crippen LogP) is 2.09. The van der Waals surface area contributed by atoms with Crippen LogP contribution in [0.3, 0.4) is 0 Å². The van der Waals surface area contributed by atoms with Crippen LogP contribution in [0, 0.1) is 10.1 Å². The van der Waals surface area contributed by atoms with Gasteiger partial charge in [-0.25, -0.2) is 0 Å². The number of hydrogen-bond acceptors (Lipinski definition) is 7. The number of nitrogens with zero attached hydrogens (tertiary/aromatic N) is 1. The van der Waals surface area contributed by atoms with Gasteiger partial charge in [-0.15, -0.1) is 0 Å². The van der Waals surface area contributed by atoms with Crippen LogP contribution in [0.5, 0.6) is 0 Å². The summed E-state index contributed by atoms with van der Waals surface area (Å²) in [6.45, 7) is 5.20. The monoisotopic (exact) mass is 338 g/mol. The third kappa shape index (κ3) is 7.19. The molecule has 0 aromatic heterocycles. The molecule has 8 heteroatoms. The number of rotatable bonds is 7. The molecule has 24 heavy (non-hydrogen) atoms. The van der Waals surface area contributed by atoms with Crippen molar-refractivity contribution >= 4 is 17.6 Å². The summed E-state index contributed by atoms with van der Waals surface area (Å²) in [5, 5.41) is 10.5. The van der Waals surface area contributed by atoms with E-state index in [1.165, 1.54) is 24.3 Å². The van der Waals surface area contributed by atoms with Gasteiger partial charge in [-0.1, -0.05) is 0 Å². The lowest BCUT2D eigenvalue weighted by molar-refractivity contribution is -0.384. The fourth-order valence-electron chi connectivity index (χ4n) is 1.72. The van der Waals surface area contributed by atoms with Crippen LogP contribution in [0.25, 0.3) is 0 Å². The van der Waals surface area contributed by atoms with Crippen LogP contribution >= 0.6 is 0 Å². The van der Waals surface area contributed by atoms with Crippen molar-refractivity contribution in [2.75, 3.05) is 0 Å². The van der Waals surface area contributed by atoms with Crippen molar-refractivity contribution in [3.63, 3.8) is 0 Å². The number of nitro groups is 1. The fraction of sp³-hybridized carbons (Fsp3) is 0.500. The van der Waals surface area contributed by atoms with Gasteiger partial charge in [-0.3, -0.25) is 19.7 Å². The maximum Gasteiger partial charge on any atom is 0.323 e. The summed E-state index contributed by atoms with van der Waals surface area (Å²) < 4.78 is 10.2. The molecule has 0 bridgehead atoms. The number of esters is 2. The minimum absolute atomic E-state index is 0.00148. The lowest BCUT2D eigenvalue weighted by Gasteiger charge is -2.22. The Morgan fingerprint density at radius 3 is 2.33 bits per heavy atom. The molecule has 1 atom stereocenters. The molecule has 8 nitrogen and oxygen atoms in total. The Bertz CT molecular complexity index is 592. The molecule has 1 rings (SSSR count). The number of carbonyl (C=O) groups is 2. The molecule has 132 valence electrons. The molecule has 1 unspecified atom stereocenters. The summed E-state index contributed by atoms with van der Waals surface area (Å²) in [5.41, 5.74) is 5.64. The number of carbonyl (C=O) groups excluding carboxylic acids is 2. The van der Waals surface area contributed by atoms with Gasteiger partial charge in [0.2, 0.25) is 0 Å². The summed E-state index contributed by atoms with van der Waals surface area (Å²) in [6, 6.07) is 4.80. The topological polar surface area (TPSA) is 122 Å². The molecule has 1 aromatic carbocycles. The van der Waals surface area contributed by atoms with Crippen LogP contribution in [-0.2, 0) is 25.7 Å². The van der Waals surface area contributed by atoms with Gasteiger partial charge < -0.3 is 15.2 Å². The average molecular weight is 338 g/mol. The van der Waals surface area contributed by atoms with Crippen molar-refractivity contribution in [2.45, 2.75) is 51.9 Å². The van der Waals surface area contributed by atoms with E-state index in [1.807, 2.05) is 0 Å². The largest absolute Gasteiger partial charge is 0.461 e. The Morgan fingerprint density at radius 1 is 1.25 bits per heavy atom. The van der Waals surface area contributed by atoms with E-state index >= 15 is 0 Å². The lowest BCUT2D eigenvalue weighted by Crippen LogP contribution is -2.37. The van der Waals surface area contributed by atoms with E-state index < -0.39 is 28.5 Å². The zero-order chi connectivity index (χ0) is 18.3. The molecule has 2 N–H and O–H groups in total. The summed E-state index contributed by atoms with van der Waals surface area (Å²) >= 11 is 0. The quantitative estimate of drug-likeness (QED) is 0.459. The Morgan fingerprint density at radius 2 is 1.83 bits per heavy atom. The molecule has 0 heterocycles. The van der Waals surface area contributed by atoms with Gasteiger partial charge in [-0.05, 0) is 44.9 Å². The Kier molecular flexibility index (Phi) is 6.84. The van der Waals surface area contributed by atoms with Gasteiger partial charge in [0, 0.05) is 18.6 Å². The van der Waals surface area contributed by atoms with Gasteiger partial charge in [0.25, 0.3) is 5.69 Å². The van der Waals surface area contributed by atoms with Gasteiger partial charge in [-0.2, -0.15) is 0 Å². The van der Waals surface area contributed by atoms with Crippen LogP contribution in [0.2, 0.25) is 0 Å². The highest BCUT2D eigenvalue weighted by Crippen LogP contribution is 2.13. The van der Waals surface area contributed by atoms with Gasteiger partial charge in [0.05, 0.1) is 4.92 Å². The molecular formula is C16H22N2O6. The number of benzene rings is 1. The third-order valence-electron chi connectivity index (χ3n) is 2.92. The third-order valence-corrected chi connectivity index (χ3v) is 2.92. The SMILES string of the molecule is CC(C)(C)OC(=O)C(N)CCC(=O)OCc1ccc([N+](=O)[O-])cc1. The first-order valence-electron chi connectivity index (χ1n) is 7.46. The summed E-state index contributed by atoms with van der Waals surface area (Å²) in [5.74, 6) is -1.07. The summed E-state index contributed by atoms with van der Waals surface area (Å²) in [4.78, 5) is 33.4. The maximum atomic E-state index is 11.7. The molecule has 0 aliphatic heterocycles. The van der Waals surface area contributed by atoms with E-state index in [0.29, 0.717) is 5.56 Å². The number of nitro benzene ring substituents is 1. The second-order valence-corrected chi connectivity index (χ2v) is 6.26. The molecular weight excluding hydrogens is 316 g/mol. The zero-order valence-corrected chi connectivity index (χ0v) is 14.0. The lowest BCUT2D eigenvalue weighted by atomic mass is 10.1. The first-order chi connectivity index (χ1) is 11.1. The van der Waals surface area contributed by atoms with Crippen LogP contribution < -0.4 is 5.73 Å². The number of nitrogens with two attached hydrogens (primary N) is 1. The van der Waals surface area contributed by atoms with Gasteiger partial charge >= 0.3 is 11.9 Å². The molecule has 0 aliphatic rings. The molecule has 0 saturated carbocycles. The first-order valence-corrected chi connectivity index (χ1v) is 7.46. The van der Waals surface area contributed by atoms with Crippen LogP contribution in [0.1, 0.15) is 39.2 Å². The second kappa shape index (κ2) is 8.39.